The van der Waals surface area contributed by atoms with Gasteiger partial charge in [0.05, 0.1) is 5.75 Å². The van der Waals surface area contributed by atoms with Crippen LogP contribution in [0.4, 0.5) is 13.2 Å². The third-order valence-corrected chi connectivity index (χ3v) is 5.60. The van der Waals surface area contributed by atoms with Gasteiger partial charge in [-0.25, -0.2) is 8.42 Å². The summed E-state index contributed by atoms with van der Waals surface area (Å²) in [5.41, 5.74) is -1.30. The van der Waals surface area contributed by atoms with Crippen LogP contribution in [0.15, 0.2) is 16.8 Å². The Hall–Kier alpha value is -2.70. The maximum atomic E-state index is 12.8. The van der Waals surface area contributed by atoms with Crippen LogP contribution in [0.25, 0.3) is 0 Å². The van der Waals surface area contributed by atoms with Gasteiger partial charge in [-0.1, -0.05) is 5.16 Å². The van der Waals surface area contributed by atoms with Gasteiger partial charge in [-0.05, 0) is 25.7 Å². The first-order chi connectivity index (χ1) is 14.3. The van der Waals surface area contributed by atoms with E-state index in [2.05, 4.69) is 20.4 Å². The molecular weight excluding hydrogens is 441 g/mol. The normalized spacial score (nSPS) is 16.6. The Morgan fingerprint density at radius 1 is 1.35 bits per heavy atom. The summed E-state index contributed by atoms with van der Waals surface area (Å²) in [6, 6.07) is 1.12. The van der Waals surface area contributed by atoms with Crippen LogP contribution in [-0.2, 0) is 15.4 Å². The van der Waals surface area contributed by atoms with Crippen molar-refractivity contribution in [2.75, 3.05) is 18.6 Å². The van der Waals surface area contributed by atoms with Gasteiger partial charge in [0.15, 0.2) is 12.4 Å². The lowest BCUT2D eigenvalue weighted by atomic mass is 10.0. The molecule has 1 aliphatic rings. The van der Waals surface area contributed by atoms with Crippen LogP contribution >= 0.6 is 0 Å². The van der Waals surface area contributed by atoms with Crippen molar-refractivity contribution in [1.82, 2.24) is 20.4 Å². The summed E-state index contributed by atoms with van der Waals surface area (Å²) in [6.07, 6.45) is -0.670. The first-order valence-corrected chi connectivity index (χ1v) is 11.3. The van der Waals surface area contributed by atoms with Gasteiger partial charge in [-0.2, -0.15) is 18.2 Å². The van der Waals surface area contributed by atoms with Crippen LogP contribution in [0.2, 0.25) is 0 Å². The highest BCUT2D eigenvalue weighted by Gasteiger charge is 2.38. The lowest BCUT2D eigenvalue weighted by molar-refractivity contribution is -0.153. The summed E-state index contributed by atoms with van der Waals surface area (Å²) < 4.78 is 71.5. The monoisotopic (exact) mass is 462 g/mol. The smallest absolute Gasteiger partial charge is 0.422 e. The number of halogens is 3. The van der Waals surface area contributed by atoms with Crippen molar-refractivity contribution >= 4 is 15.7 Å². The second kappa shape index (κ2) is 8.09. The highest BCUT2D eigenvalue weighted by molar-refractivity contribution is 7.90. The fourth-order valence-electron chi connectivity index (χ4n) is 3.08. The van der Waals surface area contributed by atoms with Crippen molar-refractivity contribution in [2.45, 2.75) is 44.3 Å². The standard InChI is InChI=1S/C18H21F3N4O5S/c1-10-23-16(25-30-10)17(2,9-31(3,27)28)24-15(26)13-6-14(29-8-18(19,20)21)12(7-22-13)11-4-5-11/h6-7,11H,4-5,8-9H2,1-3H3,(H,24,26)/t17-/m1/s1. The number of pyridine rings is 1. The molecule has 31 heavy (non-hydrogen) atoms. The lowest BCUT2D eigenvalue weighted by Crippen LogP contribution is -2.49. The molecule has 9 nitrogen and oxygen atoms in total. The van der Waals surface area contributed by atoms with Gasteiger partial charge >= 0.3 is 6.18 Å². The molecule has 1 saturated carbocycles. The maximum Gasteiger partial charge on any atom is 0.422 e. The zero-order valence-electron chi connectivity index (χ0n) is 17.0. The van der Waals surface area contributed by atoms with E-state index in [0.717, 1.165) is 25.2 Å². The second-order valence-corrected chi connectivity index (χ2v) is 9.92. The fraction of sp³-hybridized carbons (Fsp3) is 0.556. The molecule has 0 aliphatic heterocycles. The Morgan fingerprint density at radius 2 is 2.03 bits per heavy atom. The number of carbonyl (C=O) groups excluding carboxylic acids is 1. The zero-order chi connectivity index (χ0) is 23.0. The first-order valence-electron chi connectivity index (χ1n) is 9.26. The zero-order valence-corrected chi connectivity index (χ0v) is 17.8. The molecule has 0 unspecified atom stereocenters. The maximum absolute atomic E-state index is 12.8. The number of carbonyl (C=O) groups is 1. The van der Waals surface area contributed by atoms with Crippen LogP contribution in [0.1, 0.15) is 53.5 Å². The molecule has 2 aromatic heterocycles. The van der Waals surface area contributed by atoms with E-state index >= 15 is 0 Å². The van der Waals surface area contributed by atoms with Crippen molar-refractivity contribution in [2.24, 2.45) is 0 Å². The van der Waals surface area contributed by atoms with E-state index in [4.69, 9.17) is 9.26 Å². The van der Waals surface area contributed by atoms with Crippen molar-refractivity contribution < 1.29 is 35.6 Å². The topological polar surface area (TPSA) is 124 Å². The molecule has 170 valence electrons. The number of alkyl halides is 3. The van der Waals surface area contributed by atoms with Gasteiger partial charge in [0.25, 0.3) is 5.91 Å². The number of aryl methyl sites for hydroxylation is 1. The number of ether oxygens (including phenoxy) is 1. The third kappa shape index (κ3) is 6.15. The quantitative estimate of drug-likeness (QED) is 0.634. The van der Waals surface area contributed by atoms with Gasteiger partial charge in [-0.3, -0.25) is 9.78 Å². The Balaban J connectivity index is 1.89. The summed E-state index contributed by atoms with van der Waals surface area (Å²) in [5.74, 6) is -1.31. The van der Waals surface area contributed by atoms with E-state index in [9.17, 15) is 26.4 Å². The number of sulfone groups is 1. The molecule has 0 bridgehead atoms. The van der Waals surface area contributed by atoms with E-state index < -0.39 is 39.8 Å². The van der Waals surface area contributed by atoms with E-state index in [-0.39, 0.29) is 29.1 Å². The minimum absolute atomic E-state index is 0.0330. The van der Waals surface area contributed by atoms with Crippen LogP contribution in [0.5, 0.6) is 5.75 Å². The molecule has 2 heterocycles. The molecule has 13 heteroatoms. The Bertz CT molecular complexity index is 1080. The SMILES string of the molecule is Cc1nc([C@@](C)(CS(C)(=O)=O)NC(=O)c2cc(OCC(F)(F)F)c(C3CC3)cn2)no1. The van der Waals surface area contributed by atoms with Gasteiger partial charge in [0.2, 0.25) is 5.89 Å². The average molecular weight is 462 g/mol. The molecule has 2 aromatic rings. The van der Waals surface area contributed by atoms with Gasteiger partial charge in [-0.15, -0.1) is 0 Å². The molecule has 1 N–H and O–H groups in total. The number of amides is 1. The predicted molar refractivity (Wildman–Crippen MR) is 101 cm³/mol. The Kier molecular flexibility index (Phi) is 6.00. The largest absolute Gasteiger partial charge is 0.484 e. The van der Waals surface area contributed by atoms with Gasteiger partial charge in [0.1, 0.15) is 26.8 Å². The molecular formula is C18H21F3N4O5S. The molecule has 0 radical (unpaired) electrons. The minimum atomic E-state index is -4.54. The minimum Gasteiger partial charge on any atom is -0.484 e. The molecule has 0 spiro atoms. The number of nitrogens with zero attached hydrogens (tertiary/aromatic N) is 3. The molecule has 1 amide bonds. The van der Waals surface area contributed by atoms with Crippen LogP contribution in [0.3, 0.4) is 0 Å². The van der Waals surface area contributed by atoms with E-state index in [0.29, 0.717) is 5.56 Å². The summed E-state index contributed by atoms with van der Waals surface area (Å²) >= 11 is 0. The summed E-state index contributed by atoms with van der Waals surface area (Å²) in [4.78, 5) is 20.9. The number of hydrogen-bond acceptors (Lipinski definition) is 8. The van der Waals surface area contributed by atoms with Gasteiger partial charge < -0.3 is 14.6 Å². The summed E-state index contributed by atoms with van der Waals surface area (Å²) in [7, 11) is -3.60. The molecule has 3 rings (SSSR count). The van der Waals surface area contributed by atoms with Gasteiger partial charge in [0, 0.05) is 31.0 Å². The first kappa shape index (κ1) is 23.0. The Morgan fingerprint density at radius 3 is 2.55 bits per heavy atom. The van der Waals surface area contributed by atoms with Crippen molar-refractivity contribution in [1.29, 1.82) is 0 Å². The number of nitrogens with one attached hydrogen (secondary N) is 1. The van der Waals surface area contributed by atoms with E-state index in [1.54, 1.807) is 0 Å². The molecule has 1 atom stereocenters. The highest BCUT2D eigenvalue weighted by atomic mass is 32.2. The summed E-state index contributed by atoms with van der Waals surface area (Å²) in [6.45, 7) is 1.39. The number of rotatable bonds is 8. The number of hydrogen-bond donors (Lipinski definition) is 1. The van der Waals surface area contributed by atoms with Crippen LogP contribution < -0.4 is 10.1 Å². The van der Waals surface area contributed by atoms with E-state index in [1.807, 2.05) is 0 Å². The predicted octanol–water partition coefficient (Wildman–Crippen LogP) is 2.28. The van der Waals surface area contributed by atoms with Crippen molar-refractivity contribution in [3.05, 3.63) is 35.2 Å². The lowest BCUT2D eigenvalue weighted by Gasteiger charge is -2.26. The van der Waals surface area contributed by atoms with Crippen LogP contribution in [0, 0.1) is 6.92 Å². The molecule has 1 fully saturated rings. The summed E-state index contributed by atoms with van der Waals surface area (Å²) in [5, 5.41) is 6.22. The molecule has 1 aliphatic carbocycles. The third-order valence-electron chi connectivity index (χ3n) is 4.50. The average Bonchev–Trinajstić information content (AvgIpc) is 3.37. The Labute approximate surface area is 176 Å². The highest BCUT2D eigenvalue weighted by Crippen LogP contribution is 2.44. The van der Waals surface area contributed by atoms with E-state index in [1.165, 1.54) is 20.0 Å². The fourth-order valence-corrected chi connectivity index (χ4v) is 4.33. The van der Waals surface area contributed by atoms with Crippen molar-refractivity contribution in [3.63, 3.8) is 0 Å². The second-order valence-electron chi connectivity index (χ2n) is 7.78. The number of aromatic nitrogens is 3. The molecule has 0 aromatic carbocycles. The van der Waals surface area contributed by atoms with Crippen LogP contribution in [-0.4, -0.2) is 54.2 Å². The molecule has 0 saturated heterocycles. The van der Waals surface area contributed by atoms with Crippen molar-refractivity contribution in [3.8, 4) is 5.75 Å².